The van der Waals surface area contributed by atoms with Crippen LogP contribution in [0.1, 0.15) is 1.37 Å². The first kappa shape index (κ1) is 19.4. The molecule has 0 amide bonds. The molecule has 164 valence electrons. The van der Waals surface area contributed by atoms with Crippen molar-refractivity contribution in [1.82, 2.24) is 14.5 Å². The molecule has 6 rings (SSSR count). The Morgan fingerprint density at radius 3 is 2.32 bits per heavy atom. The maximum Gasteiger partial charge on any atom is 0.137 e. The number of rotatable bonds is 4. The van der Waals surface area contributed by atoms with Crippen molar-refractivity contribution in [2.45, 2.75) is 13.1 Å². The summed E-state index contributed by atoms with van der Waals surface area (Å²) >= 11 is 0. The Morgan fingerprint density at radius 1 is 0.676 bits per heavy atom. The fourth-order valence-electron chi connectivity index (χ4n) is 4.80. The lowest BCUT2D eigenvalue weighted by Crippen LogP contribution is -2.54. The van der Waals surface area contributed by atoms with Crippen LogP contribution in [0, 0.1) is 0 Å². The van der Waals surface area contributed by atoms with Crippen molar-refractivity contribution in [3.05, 3.63) is 115 Å². The Hall–Kier alpha value is -4.02. The summed E-state index contributed by atoms with van der Waals surface area (Å²) in [4.78, 5) is 9.29. The van der Waals surface area contributed by atoms with Gasteiger partial charge in [0.2, 0.25) is 0 Å². The number of pyridine rings is 2. The maximum atomic E-state index is 8.13. The van der Waals surface area contributed by atoms with Crippen LogP contribution < -0.4 is 10.5 Å². The van der Waals surface area contributed by atoms with Crippen molar-refractivity contribution in [3.63, 3.8) is 0 Å². The largest absolute Gasteiger partial charge is 0.294 e. The molecule has 0 saturated heterocycles. The molecule has 3 aromatic carbocycles. The van der Waals surface area contributed by atoms with Crippen molar-refractivity contribution in [2.75, 3.05) is 0 Å². The van der Waals surface area contributed by atoms with Crippen molar-refractivity contribution in [3.8, 4) is 16.9 Å². The molecule has 0 fully saturated rings. The molecule has 0 aliphatic rings. The van der Waals surface area contributed by atoms with E-state index in [-0.39, 0.29) is 0 Å². The van der Waals surface area contributed by atoms with Crippen LogP contribution in [0.2, 0.25) is 13.1 Å². The molecule has 3 heterocycles. The van der Waals surface area contributed by atoms with Gasteiger partial charge >= 0.3 is 0 Å². The second-order valence-corrected chi connectivity index (χ2v) is 13.5. The normalized spacial score (nSPS) is 12.2. The fourth-order valence-corrected chi connectivity index (χ4v) is 7.04. The van der Waals surface area contributed by atoms with Crippen LogP contribution in [0.15, 0.2) is 115 Å². The average molecular weight is 457 g/mol. The molecule has 0 bridgehead atoms. The Balaban J connectivity index is 1.54. The zero-order valence-electron chi connectivity index (χ0n) is 20.2. The summed E-state index contributed by atoms with van der Waals surface area (Å²) in [5, 5.41) is 4.91. The summed E-state index contributed by atoms with van der Waals surface area (Å²) in [6.45, 7) is 4.71. The third-order valence-electron chi connectivity index (χ3n) is 6.72. The molecule has 0 radical (unpaired) electrons. The predicted molar refractivity (Wildman–Crippen MR) is 145 cm³/mol. The van der Waals surface area contributed by atoms with Crippen LogP contribution in [0.5, 0.6) is 0 Å². The van der Waals surface area contributed by atoms with Gasteiger partial charge in [0.1, 0.15) is 13.9 Å². The molecule has 0 N–H and O–H groups in total. The van der Waals surface area contributed by atoms with E-state index in [9.17, 15) is 0 Å². The van der Waals surface area contributed by atoms with Crippen LogP contribution in [0.3, 0.4) is 0 Å². The van der Waals surface area contributed by atoms with Gasteiger partial charge in [-0.1, -0.05) is 85.0 Å². The second-order valence-electron chi connectivity index (χ2n) is 9.12. The van der Waals surface area contributed by atoms with Crippen molar-refractivity contribution >= 4 is 40.4 Å². The first-order chi connectivity index (χ1) is 17.0. The van der Waals surface area contributed by atoms with Gasteiger partial charge < -0.3 is 0 Å². The first-order valence-corrected chi connectivity index (χ1v) is 14.5. The Labute approximate surface area is 201 Å². The lowest BCUT2D eigenvalue weighted by atomic mass is 10.0. The Kier molecular flexibility index (Phi) is 4.62. The molecule has 0 aliphatic heterocycles. The molecule has 0 saturated carbocycles. The van der Waals surface area contributed by atoms with Gasteiger partial charge in [-0.05, 0) is 47.5 Å². The SMILES string of the molecule is [2H]c1ccnc(-n2c3ccccc3c3ccc(-c4cccc([Si](C)(C)c5ccccn5)c4)cc32)c1. The number of aromatic nitrogens is 3. The van der Waals surface area contributed by atoms with E-state index in [1.807, 2.05) is 18.3 Å². The molecule has 0 spiro atoms. The topological polar surface area (TPSA) is 30.7 Å². The van der Waals surface area contributed by atoms with Crippen molar-refractivity contribution in [1.29, 1.82) is 0 Å². The molecule has 0 unspecified atom stereocenters. The van der Waals surface area contributed by atoms with Gasteiger partial charge in [-0.15, -0.1) is 0 Å². The fraction of sp³-hybridized carbons (Fsp3) is 0.0667. The van der Waals surface area contributed by atoms with Gasteiger partial charge in [0.15, 0.2) is 0 Å². The third-order valence-corrected chi connectivity index (χ3v) is 10.0. The van der Waals surface area contributed by atoms with Gasteiger partial charge in [0, 0.05) is 28.5 Å². The minimum atomic E-state index is -1.92. The van der Waals surface area contributed by atoms with Crippen molar-refractivity contribution < 1.29 is 1.37 Å². The highest BCUT2D eigenvalue weighted by molar-refractivity contribution is 6.99. The van der Waals surface area contributed by atoms with Gasteiger partial charge in [-0.3, -0.25) is 9.55 Å². The number of nitrogens with zero attached hydrogens (tertiary/aromatic N) is 3. The van der Waals surface area contributed by atoms with Gasteiger partial charge in [-0.25, -0.2) is 4.98 Å². The van der Waals surface area contributed by atoms with Crippen LogP contribution in [-0.2, 0) is 0 Å². The molecular formula is C30H25N3Si. The second kappa shape index (κ2) is 8.08. The van der Waals surface area contributed by atoms with Crippen LogP contribution in [0.4, 0.5) is 0 Å². The molecule has 6 aromatic rings. The summed E-state index contributed by atoms with van der Waals surface area (Å²) in [6, 6.07) is 34.2. The maximum absolute atomic E-state index is 8.13. The highest BCUT2D eigenvalue weighted by Gasteiger charge is 2.27. The first-order valence-electron chi connectivity index (χ1n) is 12.0. The highest BCUT2D eigenvalue weighted by atomic mass is 28.3. The highest BCUT2D eigenvalue weighted by Crippen LogP contribution is 2.34. The number of hydrogen-bond acceptors (Lipinski definition) is 2. The van der Waals surface area contributed by atoms with Crippen molar-refractivity contribution in [2.24, 2.45) is 0 Å². The average Bonchev–Trinajstić information content (AvgIpc) is 3.23. The predicted octanol–water partition coefficient (Wildman–Crippen LogP) is 6.06. The molecule has 4 heteroatoms. The summed E-state index contributed by atoms with van der Waals surface area (Å²) in [5.74, 6) is 0.762. The quantitative estimate of drug-likeness (QED) is 0.302. The van der Waals surface area contributed by atoms with E-state index in [1.54, 1.807) is 12.3 Å². The third kappa shape index (κ3) is 3.35. The molecule has 34 heavy (non-hydrogen) atoms. The standard InChI is InChI=1S/C30H25N3Si/c1-34(2,30-15-6-8-19-32-30)24-11-9-10-22(20-24)23-16-17-26-25-12-3-4-13-27(25)33(28(26)21-23)29-14-5-7-18-31-29/h3-21H,1-2H3/i5D. The van der Waals surface area contributed by atoms with E-state index in [0.717, 1.165) is 22.4 Å². The molecular weight excluding hydrogens is 430 g/mol. The Morgan fingerprint density at radius 2 is 1.47 bits per heavy atom. The lowest BCUT2D eigenvalue weighted by Gasteiger charge is -2.23. The van der Waals surface area contributed by atoms with E-state index in [1.165, 1.54) is 26.8 Å². The molecule has 0 aliphatic carbocycles. The number of benzene rings is 3. The van der Waals surface area contributed by atoms with Crippen LogP contribution in [-0.4, -0.2) is 22.6 Å². The summed E-state index contributed by atoms with van der Waals surface area (Å²) in [7, 11) is -1.92. The van der Waals surface area contributed by atoms with Gasteiger partial charge in [0.25, 0.3) is 0 Å². The zero-order valence-corrected chi connectivity index (χ0v) is 20.2. The zero-order chi connectivity index (χ0) is 24.0. The number of para-hydroxylation sites is 1. The lowest BCUT2D eigenvalue weighted by molar-refractivity contribution is 1.08. The monoisotopic (exact) mass is 456 g/mol. The number of fused-ring (bicyclic) bond motifs is 3. The smallest absolute Gasteiger partial charge is 0.137 e. The summed E-state index contributed by atoms with van der Waals surface area (Å²) in [6.07, 6.45) is 3.59. The summed E-state index contributed by atoms with van der Waals surface area (Å²) in [5.41, 5.74) is 4.54. The van der Waals surface area contributed by atoms with Crippen LogP contribution in [0.25, 0.3) is 38.8 Å². The number of hydrogen-bond donors (Lipinski definition) is 0. The van der Waals surface area contributed by atoms with Gasteiger partial charge in [-0.2, -0.15) is 0 Å². The molecule has 3 aromatic heterocycles. The van der Waals surface area contributed by atoms with Crippen LogP contribution >= 0.6 is 0 Å². The minimum absolute atomic E-state index is 0.450. The Bertz CT molecular complexity index is 1690. The van der Waals surface area contributed by atoms with E-state index < -0.39 is 8.07 Å². The molecule has 0 atom stereocenters. The summed E-state index contributed by atoms with van der Waals surface area (Å²) < 4.78 is 10.3. The van der Waals surface area contributed by atoms with E-state index in [4.69, 9.17) is 1.37 Å². The van der Waals surface area contributed by atoms with Gasteiger partial charge in [0.05, 0.1) is 12.4 Å². The van der Waals surface area contributed by atoms with E-state index in [2.05, 4.69) is 106 Å². The van der Waals surface area contributed by atoms with E-state index >= 15 is 0 Å². The van der Waals surface area contributed by atoms with E-state index in [0.29, 0.717) is 6.04 Å². The molecule has 3 nitrogen and oxygen atoms in total. The minimum Gasteiger partial charge on any atom is -0.294 e.